The topological polar surface area (TPSA) is 123 Å². The molecule has 11 heteroatoms. The normalized spacial score (nSPS) is 17.6. The second-order valence-electron chi connectivity index (χ2n) is 12.5. The molecule has 11 nitrogen and oxygen atoms in total. The van der Waals surface area contributed by atoms with Crippen LogP contribution in [0, 0.1) is 23.7 Å². The van der Waals surface area contributed by atoms with Gasteiger partial charge in [0, 0.05) is 30.9 Å². The number of likely N-dealkylation sites (tertiary alicyclic amines) is 1. The van der Waals surface area contributed by atoms with Crippen molar-refractivity contribution in [1.82, 2.24) is 34.3 Å². The highest BCUT2D eigenvalue weighted by Crippen LogP contribution is 2.55. The summed E-state index contributed by atoms with van der Waals surface area (Å²) >= 11 is 0. The lowest BCUT2D eigenvalue weighted by Crippen LogP contribution is -2.50. The predicted molar refractivity (Wildman–Crippen MR) is 155 cm³/mol. The van der Waals surface area contributed by atoms with Crippen LogP contribution in [0.5, 0.6) is 5.88 Å². The Hall–Kier alpha value is -4.46. The Balaban J connectivity index is 1.20. The van der Waals surface area contributed by atoms with E-state index in [0.29, 0.717) is 17.2 Å². The smallest absolute Gasteiger partial charge is 0.410 e. The number of pyridine rings is 2. The van der Waals surface area contributed by atoms with Crippen molar-refractivity contribution in [2.45, 2.75) is 78.0 Å². The predicted octanol–water partition coefficient (Wildman–Crippen LogP) is 5.66. The summed E-state index contributed by atoms with van der Waals surface area (Å²) in [7, 11) is 0. The van der Waals surface area contributed by atoms with E-state index in [4.69, 9.17) is 9.47 Å². The van der Waals surface area contributed by atoms with Gasteiger partial charge in [0.25, 0.3) is 0 Å². The van der Waals surface area contributed by atoms with Crippen LogP contribution in [0.15, 0.2) is 42.7 Å². The van der Waals surface area contributed by atoms with Crippen LogP contribution in [-0.4, -0.2) is 59.0 Å². The number of nitrogens with zero attached hydrogens (tertiary/aromatic N) is 8. The van der Waals surface area contributed by atoms with Crippen LogP contribution in [0.4, 0.5) is 4.79 Å². The molecule has 4 aromatic heterocycles. The van der Waals surface area contributed by atoms with Crippen LogP contribution in [0.2, 0.25) is 0 Å². The molecular weight excluding hydrogens is 532 g/mol. The summed E-state index contributed by atoms with van der Waals surface area (Å²) in [5.41, 5.74) is 4.07. The Morgan fingerprint density at radius 2 is 1.93 bits per heavy atom. The molecule has 4 aromatic rings. The van der Waals surface area contributed by atoms with Crippen LogP contribution in [0.1, 0.15) is 82.6 Å². The Morgan fingerprint density at radius 1 is 1.17 bits per heavy atom. The van der Waals surface area contributed by atoms with E-state index in [9.17, 15) is 10.1 Å². The summed E-state index contributed by atoms with van der Waals surface area (Å²) in [6.07, 6.45) is 6.67. The quantitative estimate of drug-likeness (QED) is 0.302. The van der Waals surface area contributed by atoms with Crippen molar-refractivity contribution in [3.8, 4) is 23.2 Å². The molecule has 0 aromatic carbocycles. The average molecular weight is 569 g/mol. The summed E-state index contributed by atoms with van der Waals surface area (Å²) in [6, 6.07) is 12.0. The van der Waals surface area contributed by atoms with E-state index in [1.165, 1.54) is 0 Å². The van der Waals surface area contributed by atoms with Crippen molar-refractivity contribution >= 4 is 11.7 Å². The number of ether oxygens (including phenoxy) is 2. The van der Waals surface area contributed by atoms with Gasteiger partial charge in [-0.3, -0.25) is 9.38 Å². The van der Waals surface area contributed by atoms with Gasteiger partial charge in [-0.2, -0.15) is 5.26 Å². The maximum Gasteiger partial charge on any atom is 0.410 e. The number of fused-ring (bicyclic) bond motifs is 1. The van der Waals surface area contributed by atoms with E-state index in [2.05, 4.69) is 26.3 Å². The second-order valence-corrected chi connectivity index (χ2v) is 12.5. The van der Waals surface area contributed by atoms with Gasteiger partial charge in [-0.15, -0.1) is 5.10 Å². The third-order valence-electron chi connectivity index (χ3n) is 8.45. The first-order valence-corrected chi connectivity index (χ1v) is 14.5. The fourth-order valence-corrected chi connectivity index (χ4v) is 6.20. The fraction of sp³-hybridized carbons (Fsp3) is 0.484. The van der Waals surface area contributed by atoms with Gasteiger partial charge in [0.05, 0.1) is 23.6 Å². The number of carbonyl (C=O) groups is 1. The molecule has 1 saturated carbocycles. The number of aromatic nitrogens is 6. The monoisotopic (exact) mass is 568 g/mol. The molecule has 42 heavy (non-hydrogen) atoms. The van der Waals surface area contributed by atoms with Crippen LogP contribution >= 0.6 is 0 Å². The minimum Gasteiger partial charge on any atom is -0.469 e. The van der Waals surface area contributed by atoms with E-state index in [1.807, 2.05) is 74.5 Å². The number of piperidine rings is 1. The number of nitriles is 1. The Labute approximate surface area is 245 Å². The van der Waals surface area contributed by atoms with Crippen molar-refractivity contribution in [2.24, 2.45) is 5.41 Å². The van der Waals surface area contributed by atoms with Gasteiger partial charge in [0.1, 0.15) is 34.8 Å². The molecule has 5 heterocycles. The van der Waals surface area contributed by atoms with E-state index in [1.54, 1.807) is 16.8 Å². The molecule has 1 spiro atoms. The van der Waals surface area contributed by atoms with Crippen LogP contribution < -0.4 is 4.74 Å². The van der Waals surface area contributed by atoms with E-state index in [-0.39, 0.29) is 23.7 Å². The van der Waals surface area contributed by atoms with Crippen LogP contribution in [0.25, 0.3) is 16.9 Å². The third-order valence-corrected chi connectivity index (χ3v) is 8.45. The number of imidazole rings is 1. The van der Waals surface area contributed by atoms with Crippen LogP contribution in [0.3, 0.4) is 0 Å². The van der Waals surface area contributed by atoms with E-state index >= 15 is 0 Å². The zero-order chi connectivity index (χ0) is 29.6. The molecule has 2 aliphatic rings. The molecule has 6 rings (SSSR count). The Kier molecular flexibility index (Phi) is 6.87. The van der Waals surface area contributed by atoms with Gasteiger partial charge in [-0.25, -0.2) is 14.5 Å². The molecule has 2 fully saturated rings. The first kappa shape index (κ1) is 27.7. The summed E-state index contributed by atoms with van der Waals surface area (Å²) in [5, 5.41) is 18.8. The van der Waals surface area contributed by atoms with Crippen LogP contribution in [-0.2, 0) is 4.74 Å². The zero-order valence-electron chi connectivity index (χ0n) is 24.7. The van der Waals surface area contributed by atoms with Crippen molar-refractivity contribution in [3.63, 3.8) is 0 Å². The van der Waals surface area contributed by atoms with Gasteiger partial charge in [-0.05, 0) is 83.9 Å². The number of carbonyl (C=O) groups excluding carboxylic acids is 1. The van der Waals surface area contributed by atoms with Gasteiger partial charge >= 0.3 is 6.09 Å². The number of hydrogen-bond acceptors (Lipinski definition) is 8. The lowest BCUT2D eigenvalue weighted by Gasteiger charge is -2.52. The number of rotatable bonds is 5. The highest BCUT2D eigenvalue weighted by atomic mass is 16.6. The molecular formula is C31H36N8O3. The minimum absolute atomic E-state index is 0.223. The molecule has 0 radical (unpaired) electrons. The number of amides is 1. The lowest BCUT2D eigenvalue weighted by molar-refractivity contribution is -0.0265. The summed E-state index contributed by atoms with van der Waals surface area (Å²) in [6.45, 7) is 11.1. The highest BCUT2D eigenvalue weighted by molar-refractivity contribution is 5.69. The van der Waals surface area contributed by atoms with Crippen molar-refractivity contribution in [1.29, 1.82) is 5.26 Å². The molecule has 1 aliphatic carbocycles. The number of hydrogen-bond donors (Lipinski definition) is 0. The van der Waals surface area contributed by atoms with Gasteiger partial charge in [0.15, 0.2) is 0 Å². The Morgan fingerprint density at radius 3 is 2.60 bits per heavy atom. The average Bonchev–Trinajstić information content (AvgIpc) is 3.54. The first-order chi connectivity index (χ1) is 20.1. The molecule has 1 amide bonds. The molecule has 0 N–H and O–H groups in total. The summed E-state index contributed by atoms with van der Waals surface area (Å²) in [5.74, 6) is 0.489. The molecule has 218 valence electrons. The maximum absolute atomic E-state index is 12.5. The summed E-state index contributed by atoms with van der Waals surface area (Å²) < 4.78 is 15.7. The standard InChI is InChI=1S/C31H36N8O3/c1-20-28(35-36-39(20)23-16-31(17-23)9-12-37(13-10-31)29(40)42-30(3,4)5)22-14-26-34-19-24(18-32)38(26)27(15-22)41-21(2)25-8-6-7-11-33-25/h6-8,11,14-15,19,21,23H,9-10,12-13,16-17H2,1-5H3/t21-/m1/s1. The van der Waals surface area contributed by atoms with E-state index < -0.39 is 5.60 Å². The van der Waals surface area contributed by atoms with Crippen molar-refractivity contribution < 1.29 is 14.3 Å². The highest BCUT2D eigenvalue weighted by Gasteiger charge is 2.48. The third kappa shape index (κ3) is 5.17. The van der Waals surface area contributed by atoms with Gasteiger partial charge < -0.3 is 14.4 Å². The van der Waals surface area contributed by atoms with E-state index in [0.717, 1.165) is 61.4 Å². The van der Waals surface area contributed by atoms with Crippen molar-refractivity contribution in [3.05, 3.63) is 59.8 Å². The maximum atomic E-state index is 12.5. The molecule has 1 saturated heterocycles. The fourth-order valence-electron chi connectivity index (χ4n) is 6.20. The summed E-state index contributed by atoms with van der Waals surface area (Å²) in [4.78, 5) is 23.2. The van der Waals surface area contributed by atoms with Crippen molar-refractivity contribution in [2.75, 3.05) is 13.1 Å². The van der Waals surface area contributed by atoms with Gasteiger partial charge in [-0.1, -0.05) is 11.3 Å². The SMILES string of the molecule is Cc1c(-c2cc(O[C@H](C)c3ccccn3)n3c(C#N)cnc3c2)nnn1C1CC2(CCN(C(=O)OC(C)(C)C)CC2)C1. The first-order valence-electron chi connectivity index (χ1n) is 14.5. The molecule has 1 aliphatic heterocycles. The molecule has 0 bridgehead atoms. The second kappa shape index (κ2) is 10.4. The largest absolute Gasteiger partial charge is 0.469 e. The zero-order valence-corrected chi connectivity index (χ0v) is 24.7. The lowest BCUT2D eigenvalue weighted by atomic mass is 9.60. The Bertz CT molecular complexity index is 1650. The molecule has 0 unspecified atom stereocenters. The van der Waals surface area contributed by atoms with Gasteiger partial charge in [0.2, 0.25) is 5.88 Å². The molecule has 1 atom stereocenters. The minimum atomic E-state index is -0.486.